The van der Waals surface area contributed by atoms with Crippen molar-refractivity contribution in [2.75, 3.05) is 6.61 Å². The van der Waals surface area contributed by atoms with Gasteiger partial charge in [0.15, 0.2) is 5.69 Å². The number of hydrogen-bond donors (Lipinski definition) is 1. The molecule has 2 aromatic rings. The molecule has 0 fully saturated rings. The highest BCUT2D eigenvalue weighted by Gasteiger charge is 2.31. The molecule has 0 saturated carbocycles. The van der Waals surface area contributed by atoms with Crippen molar-refractivity contribution < 1.29 is 32.6 Å². The SMILES string of the molecule is CCOC(=O)c1nc(CC)c(C)c(C(=O)O)c1-c1ccc(C(F)(F)F)cc1. The first-order valence-corrected chi connectivity index (χ1v) is 8.23. The van der Waals surface area contributed by atoms with Crippen LogP contribution in [0.5, 0.6) is 0 Å². The van der Waals surface area contributed by atoms with Crippen LogP contribution in [0.25, 0.3) is 11.1 Å². The third-order valence-corrected chi connectivity index (χ3v) is 4.06. The lowest BCUT2D eigenvalue weighted by atomic mass is 9.92. The maximum absolute atomic E-state index is 12.8. The Morgan fingerprint density at radius 3 is 2.19 bits per heavy atom. The number of nitrogens with zero attached hydrogens (tertiary/aromatic N) is 1. The summed E-state index contributed by atoms with van der Waals surface area (Å²) in [4.78, 5) is 28.5. The minimum absolute atomic E-state index is 0.0463. The number of pyridine rings is 1. The summed E-state index contributed by atoms with van der Waals surface area (Å²) in [5.74, 6) is -2.13. The van der Waals surface area contributed by atoms with Crippen molar-refractivity contribution in [3.63, 3.8) is 0 Å². The first-order valence-electron chi connectivity index (χ1n) is 8.23. The summed E-state index contributed by atoms with van der Waals surface area (Å²) in [7, 11) is 0. The second-order valence-electron chi connectivity index (χ2n) is 5.74. The minimum Gasteiger partial charge on any atom is -0.478 e. The van der Waals surface area contributed by atoms with E-state index < -0.39 is 23.7 Å². The van der Waals surface area contributed by atoms with E-state index in [9.17, 15) is 27.9 Å². The first kappa shape index (κ1) is 20.4. The molecular formula is C19H18F3NO4. The van der Waals surface area contributed by atoms with Gasteiger partial charge in [-0.25, -0.2) is 14.6 Å². The van der Waals surface area contributed by atoms with E-state index >= 15 is 0 Å². The summed E-state index contributed by atoms with van der Waals surface area (Å²) in [6.07, 6.45) is -4.15. The second kappa shape index (κ2) is 7.77. The number of halogens is 3. The van der Waals surface area contributed by atoms with Gasteiger partial charge in [0, 0.05) is 11.3 Å². The summed E-state index contributed by atoms with van der Waals surface area (Å²) in [5.41, 5.74) is -0.429. The van der Waals surface area contributed by atoms with Gasteiger partial charge in [0.1, 0.15) is 0 Å². The number of aryl methyl sites for hydroxylation is 1. The average molecular weight is 381 g/mol. The monoisotopic (exact) mass is 381 g/mol. The maximum atomic E-state index is 12.8. The lowest BCUT2D eigenvalue weighted by molar-refractivity contribution is -0.137. The number of aromatic carboxylic acids is 1. The fourth-order valence-electron chi connectivity index (χ4n) is 2.79. The van der Waals surface area contributed by atoms with E-state index in [1.807, 2.05) is 0 Å². The largest absolute Gasteiger partial charge is 0.478 e. The molecule has 0 amide bonds. The van der Waals surface area contributed by atoms with E-state index in [-0.39, 0.29) is 29.0 Å². The summed E-state index contributed by atoms with van der Waals surface area (Å²) < 4.78 is 43.4. The molecule has 27 heavy (non-hydrogen) atoms. The van der Waals surface area contributed by atoms with Crippen molar-refractivity contribution >= 4 is 11.9 Å². The van der Waals surface area contributed by atoms with E-state index in [1.165, 1.54) is 0 Å². The van der Waals surface area contributed by atoms with E-state index in [1.54, 1.807) is 20.8 Å². The van der Waals surface area contributed by atoms with Gasteiger partial charge in [-0.1, -0.05) is 19.1 Å². The number of hydrogen-bond acceptors (Lipinski definition) is 4. The predicted molar refractivity (Wildman–Crippen MR) is 91.7 cm³/mol. The van der Waals surface area contributed by atoms with E-state index in [4.69, 9.17) is 4.74 Å². The molecule has 0 aliphatic rings. The van der Waals surface area contributed by atoms with Crippen LogP contribution >= 0.6 is 0 Å². The number of alkyl halides is 3. The Hall–Kier alpha value is -2.90. The Morgan fingerprint density at radius 1 is 1.15 bits per heavy atom. The van der Waals surface area contributed by atoms with Crippen LogP contribution in [-0.2, 0) is 17.3 Å². The maximum Gasteiger partial charge on any atom is 0.416 e. The Bertz CT molecular complexity index is 874. The minimum atomic E-state index is -4.53. The van der Waals surface area contributed by atoms with Crippen molar-refractivity contribution in [1.29, 1.82) is 0 Å². The van der Waals surface area contributed by atoms with Crippen molar-refractivity contribution in [1.82, 2.24) is 4.98 Å². The van der Waals surface area contributed by atoms with Crippen molar-refractivity contribution in [2.45, 2.75) is 33.4 Å². The van der Waals surface area contributed by atoms with Crippen LogP contribution < -0.4 is 0 Å². The van der Waals surface area contributed by atoms with Crippen LogP contribution in [0.15, 0.2) is 24.3 Å². The number of aromatic nitrogens is 1. The molecule has 1 aromatic carbocycles. The van der Waals surface area contributed by atoms with Gasteiger partial charge in [-0.3, -0.25) is 0 Å². The van der Waals surface area contributed by atoms with Crippen LogP contribution in [0, 0.1) is 6.92 Å². The Labute approximate surface area is 153 Å². The topological polar surface area (TPSA) is 76.5 Å². The smallest absolute Gasteiger partial charge is 0.416 e. The zero-order valence-corrected chi connectivity index (χ0v) is 15.0. The number of ether oxygens (including phenoxy) is 1. The van der Waals surface area contributed by atoms with Crippen LogP contribution in [0.3, 0.4) is 0 Å². The summed E-state index contributed by atoms with van der Waals surface area (Å²) in [6.45, 7) is 4.94. The molecule has 8 heteroatoms. The Balaban J connectivity index is 2.81. The molecule has 1 heterocycles. The number of carbonyl (C=O) groups is 2. The number of rotatable bonds is 5. The molecule has 144 valence electrons. The second-order valence-corrected chi connectivity index (χ2v) is 5.74. The third kappa shape index (κ3) is 4.10. The molecule has 0 aliphatic carbocycles. The zero-order chi connectivity index (χ0) is 20.4. The van der Waals surface area contributed by atoms with Gasteiger partial charge in [0.05, 0.1) is 17.7 Å². The summed E-state index contributed by atoms with van der Waals surface area (Å²) >= 11 is 0. The van der Waals surface area contributed by atoms with Gasteiger partial charge in [-0.05, 0) is 43.5 Å². The normalized spacial score (nSPS) is 11.3. The van der Waals surface area contributed by atoms with Crippen LogP contribution in [-0.4, -0.2) is 28.6 Å². The molecule has 0 aliphatic heterocycles. The molecule has 0 radical (unpaired) electrons. The quantitative estimate of drug-likeness (QED) is 0.771. The summed E-state index contributed by atoms with van der Waals surface area (Å²) in [5, 5.41) is 9.69. The van der Waals surface area contributed by atoms with Crippen LogP contribution in [0.2, 0.25) is 0 Å². The lowest BCUT2D eigenvalue weighted by Crippen LogP contribution is -2.17. The first-order chi connectivity index (χ1) is 12.6. The molecule has 0 unspecified atom stereocenters. The molecule has 0 spiro atoms. The molecule has 0 atom stereocenters. The molecule has 0 saturated heterocycles. The highest BCUT2D eigenvalue weighted by Crippen LogP contribution is 2.34. The number of carbonyl (C=O) groups excluding carboxylic acids is 1. The fraction of sp³-hybridized carbons (Fsp3) is 0.316. The van der Waals surface area contributed by atoms with Gasteiger partial charge < -0.3 is 9.84 Å². The molecule has 2 rings (SSSR count). The molecule has 5 nitrogen and oxygen atoms in total. The standard InChI is InChI=1S/C19H18F3NO4/c1-4-13-10(3)14(17(24)25)15(16(23-13)18(26)27-5-2)11-6-8-12(9-7-11)19(20,21)22/h6-9H,4-5H2,1-3H3,(H,24,25). The van der Waals surface area contributed by atoms with Crippen LogP contribution in [0.4, 0.5) is 13.2 Å². The Kier molecular flexibility index (Phi) is 5.88. The van der Waals surface area contributed by atoms with Gasteiger partial charge in [-0.15, -0.1) is 0 Å². The molecule has 1 aromatic heterocycles. The highest BCUT2D eigenvalue weighted by molar-refractivity contribution is 6.05. The summed E-state index contributed by atoms with van der Waals surface area (Å²) in [6, 6.07) is 3.91. The average Bonchev–Trinajstić information content (AvgIpc) is 2.60. The van der Waals surface area contributed by atoms with Crippen molar-refractivity contribution in [2.24, 2.45) is 0 Å². The molecular weight excluding hydrogens is 363 g/mol. The van der Waals surface area contributed by atoms with Crippen molar-refractivity contribution in [3.05, 3.63) is 52.3 Å². The number of carboxylic acid groups (broad SMARTS) is 1. The number of esters is 1. The Morgan fingerprint density at radius 2 is 1.74 bits per heavy atom. The molecule has 0 bridgehead atoms. The van der Waals surface area contributed by atoms with Crippen molar-refractivity contribution in [3.8, 4) is 11.1 Å². The van der Waals surface area contributed by atoms with E-state index in [2.05, 4.69) is 4.98 Å². The fourth-order valence-corrected chi connectivity index (χ4v) is 2.79. The van der Waals surface area contributed by atoms with Gasteiger partial charge in [0.2, 0.25) is 0 Å². The van der Waals surface area contributed by atoms with Crippen LogP contribution in [0.1, 0.15) is 51.5 Å². The highest BCUT2D eigenvalue weighted by atomic mass is 19.4. The zero-order valence-electron chi connectivity index (χ0n) is 15.0. The molecule has 1 N–H and O–H groups in total. The lowest BCUT2D eigenvalue weighted by Gasteiger charge is -2.17. The van der Waals surface area contributed by atoms with E-state index in [0.717, 1.165) is 24.3 Å². The van der Waals surface area contributed by atoms with Gasteiger partial charge in [-0.2, -0.15) is 13.2 Å². The predicted octanol–water partition coefficient (Wildman–Crippen LogP) is 4.51. The van der Waals surface area contributed by atoms with E-state index in [0.29, 0.717) is 17.7 Å². The van der Waals surface area contributed by atoms with Gasteiger partial charge in [0.25, 0.3) is 0 Å². The third-order valence-electron chi connectivity index (χ3n) is 4.06. The van der Waals surface area contributed by atoms with Gasteiger partial charge >= 0.3 is 18.1 Å². The number of carboxylic acids is 1. The number of benzene rings is 1.